The van der Waals surface area contributed by atoms with Crippen molar-refractivity contribution in [3.63, 3.8) is 0 Å². The quantitative estimate of drug-likeness (QED) is 0.767. The number of rotatable bonds is 6. The van der Waals surface area contributed by atoms with Gasteiger partial charge in [0, 0.05) is 17.6 Å². The molecule has 4 heteroatoms. The van der Waals surface area contributed by atoms with Crippen LogP contribution in [0, 0.1) is 0 Å². The first kappa shape index (κ1) is 15.8. The van der Waals surface area contributed by atoms with Gasteiger partial charge in [0.1, 0.15) is 5.75 Å². The smallest absolute Gasteiger partial charge is 0.115 e. The Hall–Kier alpha value is -1.55. The van der Waals surface area contributed by atoms with Crippen LogP contribution in [0.15, 0.2) is 48.5 Å². The molecule has 0 aliphatic rings. The largest absolute Gasteiger partial charge is 0.508 e. The zero-order chi connectivity index (χ0) is 15.2. The maximum absolute atomic E-state index is 10.1. The summed E-state index contributed by atoms with van der Waals surface area (Å²) >= 11 is 5.92. The molecular weight excluding hydrogens is 286 g/mol. The van der Waals surface area contributed by atoms with Crippen LogP contribution in [0.1, 0.15) is 24.2 Å². The van der Waals surface area contributed by atoms with Crippen LogP contribution in [0.3, 0.4) is 0 Å². The first-order chi connectivity index (χ1) is 10.0. The molecule has 0 aliphatic heterocycles. The molecule has 112 valence electrons. The van der Waals surface area contributed by atoms with E-state index >= 15 is 0 Å². The summed E-state index contributed by atoms with van der Waals surface area (Å²) in [4.78, 5) is 0. The molecule has 0 amide bonds. The number of nitrogens with one attached hydrogen (secondary N) is 1. The van der Waals surface area contributed by atoms with E-state index < -0.39 is 6.10 Å². The fraction of sp³-hybridized carbons (Fsp3) is 0.294. The number of aliphatic hydroxyl groups excluding tert-OH is 1. The number of hydrogen-bond acceptors (Lipinski definition) is 3. The van der Waals surface area contributed by atoms with Gasteiger partial charge in [-0.25, -0.2) is 0 Å². The van der Waals surface area contributed by atoms with Crippen LogP contribution in [0.25, 0.3) is 0 Å². The lowest BCUT2D eigenvalue weighted by molar-refractivity contribution is 0.170. The Labute approximate surface area is 130 Å². The highest BCUT2D eigenvalue weighted by Crippen LogP contribution is 2.17. The van der Waals surface area contributed by atoms with Gasteiger partial charge in [-0.15, -0.1) is 0 Å². The highest BCUT2D eigenvalue weighted by atomic mass is 35.5. The van der Waals surface area contributed by atoms with Crippen molar-refractivity contribution in [2.24, 2.45) is 0 Å². The number of hydrogen-bond donors (Lipinski definition) is 3. The molecule has 0 aliphatic carbocycles. The molecule has 0 saturated carbocycles. The molecule has 2 rings (SSSR count). The third kappa shape index (κ3) is 5.05. The second-order valence-electron chi connectivity index (χ2n) is 5.25. The van der Waals surface area contributed by atoms with Crippen LogP contribution in [-0.2, 0) is 6.42 Å². The SMILES string of the molecule is C[C@H](Cc1ccc(O)cc1)NC[C@H](O)c1cccc(Cl)c1. The average Bonchev–Trinajstić information content (AvgIpc) is 2.47. The third-order valence-electron chi connectivity index (χ3n) is 3.37. The summed E-state index contributed by atoms with van der Waals surface area (Å²) < 4.78 is 0. The summed E-state index contributed by atoms with van der Waals surface area (Å²) in [5.41, 5.74) is 1.96. The van der Waals surface area contributed by atoms with Gasteiger partial charge in [-0.3, -0.25) is 0 Å². The number of aromatic hydroxyl groups is 1. The minimum absolute atomic E-state index is 0.225. The van der Waals surface area contributed by atoms with Gasteiger partial charge in [-0.2, -0.15) is 0 Å². The predicted octanol–water partition coefficient (Wildman–Crippen LogP) is 3.30. The minimum Gasteiger partial charge on any atom is -0.508 e. The summed E-state index contributed by atoms with van der Waals surface area (Å²) in [6.45, 7) is 2.54. The van der Waals surface area contributed by atoms with Gasteiger partial charge >= 0.3 is 0 Å². The Bertz CT molecular complexity index is 571. The number of aliphatic hydroxyl groups is 1. The fourth-order valence-electron chi connectivity index (χ4n) is 2.20. The van der Waals surface area contributed by atoms with E-state index in [1.165, 1.54) is 0 Å². The molecule has 2 aromatic carbocycles. The van der Waals surface area contributed by atoms with Crippen molar-refractivity contribution < 1.29 is 10.2 Å². The lowest BCUT2D eigenvalue weighted by Crippen LogP contribution is -2.32. The van der Waals surface area contributed by atoms with Crippen molar-refractivity contribution >= 4 is 11.6 Å². The molecule has 3 N–H and O–H groups in total. The van der Waals surface area contributed by atoms with Gasteiger partial charge in [0.2, 0.25) is 0 Å². The molecule has 0 aromatic heterocycles. The van der Waals surface area contributed by atoms with Crippen molar-refractivity contribution in [2.45, 2.75) is 25.5 Å². The Balaban J connectivity index is 1.83. The van der Waals surface area contributed by atoms with E-state index in [9.17, 15) is 10.2 Å². The normalized spacial score (nSPS) is 13.9. The first-order valence-electron chi connectivity index (χ1n) is 6.99. The summed E-state index contributed by atoms with van der Waals surface area (Å²) in [5, 5.41) is 23.3. The van der Waals surface area contributed by atoms with Gasteiger partial charge in [0.15, 0.2) is 0 Å². The van der Waals surface area contributed by atoms with Crippen LogP contribution >= 0.6 is 11.6 Å². The molecule has 21 heavy (non-hydrogen) atoms. The van der Waals surface area contributed by atoms with Crippen LogP contribution in [0.2, 0.25) is 5.02 Å². The molecule has 0 bridgehead atoms. The van der Waals surface area contributed by atoms with Crippen LogP contribution in [-0.4, -0.2) is 22.8 Å². The first-order valence-corrected chi connectivity index (χ1v) is 7.37. The zero-order valence-corrected chi connectivity index (χ0v) is 12.7. The number of phenols is 1. The highest BCUT2D eigenvalue weighted by molar-refractivity contribution is 6.30. The lowest BCUT2D eigenvalue weighted by atomic mass is 10.1. The maximum Gasteiger partial charge on any atom is 0.115 e. The topological polar surface area (TPSA) is 52.5 Å². The summed E-state index contributed by atoms with van der Waals surface area (Å²) in [7, 11) is 0. The van der Waals surface area contributed by atoms with Gasteiger partial charge in [0.25, 0.3) is 0 Å². The monoisotopic (exact) mass is 305 g/mol. The molecule has 0 heterocycles. The second-order valence-corrected chi connectivity index (χ2v) is 5.69. The van der Waals surface area contributed by atoms with Gasteiger partial charge in [-0.1, -0.05) is 35.9 Å². The molecule has 0 unspecified atom stereocenters. The van der Waals surface area contributed by atoms with E-state index in [0.717, 1.165) is 17.5 Å². The Morgan fingerprint density at radius 3 is 2.52 bits per heavy atom. The Morgan fingerprint density at radius 1 is 1.14 bits per heavy atom. The lowest BCUT2D eigenvalue weighted by Gasteiger charge is -2.17. The van der Waals surface area contributed by atoms with Gasteiger partial charge in [0.05, 0.1) is 6.10 Å². The van der Waals surface area contributed by atoms with E-state index in [4.69, 9.17) is 11.6 Å². The molecule has 0 radical (unpaired) electrons. The molecule has 0 saturated heterocycles. The van der Waals surface area contributed by atoms with E-state index in [1.807, 2.05) is 24.3 Å². The molecule has 0 fully saturated rings. The maximum atomic E-state index is 10.1. The zero-order valence-electron chi connectivity index (χ0n) is 12.0. The summed E-state index contributed by atoms with van der Waals surface area (Å²) in [6, 6.07) is 14.7. The fourth-order valence-corrected chi connectivity index (χ4v) is 2.40. The highest BCUT2D eigenvalue weighted by Gasteiger charge is 2.10. The van der Waals surface area contributed by atoms with E-state index in [1.54, 1.807) is 24.3 Å². The minimum atomic E-state index is -0.578. The summed E-state index contributed by atoms with van der Waals surface area (Å²) in [6.07, 6.45) is 0.258. The number of halogens is 1. The van der Waals surface area contributed by atoms with Crippen LogP contribution in [0.5, 0.6) is 5.75 Å². The average molecular weight is 306 g/mol. The Morgan fingerprint density at radius 2 is 1.86 bits per heavy atom. The van der Waals surface area contributed by atoms with E-state index in [2.05, 4.69) is 12.2 Å². The predicted molar refractivity (Wildman–Crippen MR) is 85.7 cm³/mol. The van der Waals surface area contributed by atoms with Crippen molar-refractivity contribution in [1.82, 2.24) is 5.32 Å². The van der Waals surface area contributed by atoms with Crippen LogP contribution < -0.4 is 5.32 Å². The van der Waals surface area contributed by atoms with Crippen molar-refractivity contribution in [2.75, 3.05) is 6.54 Å². The Kier molecular flexibility index (Phi) is 5.62. The number of benzene rings is 2. The molecule has 2 atom stereocenters. The second kappa shape index (κ2) is 7.46. The van der Waals surface area contributed by atoms with E-state index in [0.29, 0.717) is 11.6 Å². The molecule has 0 spiro atoms. The number of phenolic OH excluding ortho intramolecular Hbond substituents is 1. The molecule has 3 nitrogen and oxygen atoms in total. The van der Waals surface area contributed by atoms with Gasteiger partial charge < -0.3 is 15.5 Å². The van der Waals surface area contributed by atoms with Crippen molar-refractivity contribution in [1.29, 1.82) is 0 Å². The third-order valence-corrected chi connectivity index (χ3v) is 3.61. The van der Waals surface area contributed by atoms with Crippen molar-refractivity contribution in [3.05, 3.63) is 64.7 Å². The van der Waals surface area contributed by atoms with Crippen LogP contribution in [0.4, 0.5) is 0 Å². The molecule has 2 aromatic rings. The van der Waals surface area contributed by atoms with Gasteiger partial charge in [-0.05, 0) is 48.7 Å². The summed E-state index contributed by atoms with van der Waals surface area (Å²) in [5.74, 6) is 0.274. The van der Waals surface area contributed by atoms with Crippen molar-refractivity contribution in [3.8, 4) is 5.75 Å². The van der Waals surface area contributed by atoms with E-state index in [-0.39, 0.29) is 11.8 Å². The molecular formula is C17H20ClNO2. The standard InChI is InChI=1S/C17H20ClNO2/c1-12(9-13-5-7-16(20)8-6-13)19-11-17(21)14-3-2-4-15(18)10-14/h2-8,10,12,17,19-21H,9,11H2,1H3/t12-,17+/m1/s1.